The molecule has 1 aromatic heterocycles. The van der Waals surface area contributed by atoms with Gasteiger partial charge in [-0.05, 0) is 28.9 Å². The molecule has 0 unspecified atom stereocenters. The number of nitrogens with zero attached hydrogens (tertiary/aromatic N) is 2. The molecule has 1 amide bonds. The topological polar surface area (TPSA) is 54.4 Å². The summed E-state index contributed by atoms with van der Waals surface area (Å²) in [4.78, 5) is 11.8. The van der Waals surface area contributed by atoms with Crippen LogP contribution in [0.2, 0.25) is 5.15 Å². The lowest BCUT2D eigenvalue weighted by atomic mass is 10.1. The van der Waals surface area contributed by atoms with Crippen LogP contribution in [0.4, 0.5) is 0 Å². The largest absolute Gasteiger partial charge is 0.271 e. The molecule has 17 heavy (non-hydrogen) atoms. The molecule has 0 bridgehead atoms. The number of halogens is 1. The maximum absolute atomic E-state index is 11.8. The third-order valence-corrected chi connectivity index (χ3v) is 4.23. The molecule has 1 heterocycles. The van der Waals surface area contributed by atoms with E-state index in [1.54, 1.807) is 6.07 Å². The van der Waals surface area contributed by atoms with E-state index in [1.807, 2.05) is 25.1 Å². The molecule has 0 aliphatic carbocycles. The summed E-state index contributed by atoms with van der Waals surface area (Å²) in [5, 5.41) is 4.23. The number of carbonyl (C=O) groups excluding carboxylic acids is 1. The summed E-state index contributed by atoms with van der Waals surface area (Å²) < 4.78 is 4.38. The van der Waals surface area contributed by atoms with E-state index in [9.17, 15) is 4.79 Å². The summed E-state index contributed by atoms with van der Waals surface area (Å²) in [5.41, 5.74) is 3.96. The molecule has 0 spiro atoms. The summed E-state index contributed by atoms with van der Waals surface area (Å²) in [6.45, 7) is 1.87. The second kappa shape index (κ2) is 5.39. The van der Waals surface area contributed by atoms with Crippen molar-refractivity contribution in [2.45, 2.75) is 6.92 Å². The van der Waals surface area contributed by atoms with Crippen LogP contribution < -0.4 is 10.1 Å². The van der Waals surface area contributed by atoms with Gasteiger partial charge in [0.05, 0.1) is 0 Å². The number of nitrogens with one attached hydrogen (secondary N) is 1. The predicted octanol–water partition coefficient (Wildman–Crippen LogP) is 2.41. The van der Waals surface area contributed by atoms with Crippen molar-refractivity contribution in [2.24, 2.45) is 5.10 Å². The maximum Gasteiger partial charge on any atom is 0.271 e. The Hall–Kier alpha value is -1.24. The highest BCUT2D eigenvalue weighted by Crippen LogP contribution is 2.07. The number of aryl methyl sites for hydroxylation is 1. The lowest BCUT2D eigenvalue weighted by Gasteiger charge is -2.02. The van der Waals surface area contributed by atoms with E-state index >= 15 is 0 Å². The molecule has 2 rings (SSSR count). The Morgan fingerprint density at radius 3 is 2.88 bits per heavy atom. The van der Waals surface area contributed by atoms with Gasteiger partial charge in [0.25, 0.3) is 5.91 Å². The molecule has 0 saturated heterocycles. The molecular formula is C10H8ClN3OS2. The van der Waals surface area contributed by atoms with Crippen LogP contribution in [0.3, 0.4) is 0 Å². The van der Waals surface area contributed by atoms with Gasteiger partial charge in [0.1, 0.15) is 0 Å². The quantitative estimate of drug-likeness (QED) is 0.680. The van der Waals surface area contributed by atoms with E-state index in [1.165, 1.54) is 20.9 Å². The number of hydrogen-bond donors (Lipinski definition) is 1. The van der Waals surface area contributed by atoms with Gasteiger partial charge in [-0.1, -0.05) is 29.8 Å². The van der Waals surface area contributed by atoms with Gasteiger partial charge in [-0.15, -0.1) is 0 Å². The van der Waals surface area contributed by atoms with Crippen LogP contribution >= 0.6 is 32.5 Å². The fourth-order valence-corrected chi connectivity index (χ4v) is 3.15. The van der Waals surface area contributed by atoms with E-state index in [0.29, 0.717) is 15.4 Å². The molecule has 0 radical (unpaired) electrons. The van der Waals surface area contributed by atoms with Gasteiger partial charge < -0.3 is 0 Å². The number of aromatic nitrogens is 1. The SMILES string of the molecule is Cc1ccccc1C(=O)N/N=c1/ssnc1Cl. The van der Waals surface area contributed by atoms with E-state index in [-0.39, 0.29) is 5.91 Å². The summed E-state index contributed by atoms with van der Waals surface area (Å²) >= 11 is 5.77. The lowest BCUT2D eigenvalue weighted by Crippen LogP contribution is -2.21. The summed E-state index contributed by atoms with van der Waals surface area (Å²) in [5.74, 6) is -0.252. The molecule has 2 aromatic rings. The van der Waals surface area contributed by atoms with E-state index in [4.69, 9.17) is 11.6 Å². The average molecular weight is 286 g/mol. The van der Waals surface area contributed by atoms with Crippen molar-refractivity contribution in [1.82, 2.24) is 9.80 Å². The van der Waals surface area contributed by atoms with E-state index < -0.39 is 0 Å². The van der Waals surface area contributed by atoms with E-state index in [2.05, 4.69) is 14.9 Å². The van der Waals surface area contributed by atoms with Crippen LogP contribution in [0.1, 0.15) is 15.9 Å². The maximum atomic E-state index is 11.8. The Morgan fingerprint density at radius 2 is 2.24 bits per heavy atom. The molecule has 0 saturated carbocycles. The Kier molecular flexibility index (Phi) is 3.88. The van der Waals surface area contributed by atoms with Gasteiger partial charge in [-0.2, -0.15) is 9.47 Å². The van der Waals surface area contributed by atoms with Crippen molar-refractivity contribution in [2.75, 3.05) is 0 Å². The monoisotopic (exact) mass is 285 g/mol. The van der Waals surface area contributed by atoms with Crippen LogP contribution in [0.25, 0.3) is 0 Å². The van der Waals surface area contributed by atoms with Crippen LogP contribution in [0.5, 0.6) is 0 Å². The van der Waals surface area contributed by atoms with Crippen LogP contribution in [-0.4, -0.2) is 10.3 Å². The summed E-state index contributed by atoms with van der Waals surface area (Å²) in [6.07, 6.45) is 0. The van der Waals surface area contributed by atoms with Crippen molar-refractivity contribution in [1.29, 1.82) is 0 Å². The number of amides is 1. The first-order valence-corrected chi connectivity index (χ1v) is 7.18. The minimum atomic E-state index is -0.252. The summed E-state index contributed by atoms with van der Waals surface area (Å²) in [6, 6.07) is 7.31. The average Bonchev–Trinajstić information content (AvgIpc) is 2.72. The lowest BCUT2D eigenvalue weighted by molar-refractivity contribution is 0.0953. The van der Waals surface area contributed by atoms with Crippen molar-refractivity contribution < 1.29 is 4.79 Å². The molecule has 7 heteroatoms. The summed E-state index contributed by atoms with van der Waals surface area (Å²) in [7, 11) is 2.54. The number of carbonyl (C=O) groups is 1. The molecule has 0 fully saturated rings. The van der Waals surface area contributed by atoms with Crippen molar-refractivity contribution >= 4 is 38.4 Å². The minimum Gasteiger partial charge on any atom is -0.267 e. The van der Waals surface area contributed by atoms with Crippen LogP contribution in [0.15, 0.2) is 29.4 Å². The molecule has 1 aromatic carbocycles. The molecule has 0 atom stereocenters. The Bertz CT molecular complexity index is 605. The zero-order chi connectivity index (χ0) is 12.3. The van der Waals surface area contributed by atoms with Gasteiger partial charge in [0, 0.05) is 16.1 Å². The molecule has 88 valence electrons. The normalized spacial score (nSPS) is 11.5. The standard InChI is InChI=1S/C10H8ClN3OS2/c1-6-4-2-3-5-7(6)9(15)12-13-10-8(11)14-17-16-10/h2-5H,1H3,(H,12,15)/b13-10+. The highest BCUT2D eigenvalue weighted by Gasteiger charge is 2.07. The van der Waals surface area contributed by atoms with E-state index in [0.717, 1.165) is 5.56 Å². The highest BCUT2D eigenvalue weighted by molar-refractivity contribution is 7.66. The van der Waals surface area contributed by atoms with Gasteiger partial charge in [0.15, 0.2) is 9.82 Å². The van der Waals surface area contributed by atoms with Crippen molar-refractivity contribution in [3.05, 3.63) is 45.2 Å². The van der Waals surface area contributed by atoms with Crippen molar-refractivity contribution in [3.63, 3.8) is 0 Å². The second-order valence-electron chi connectivity index (χ2n) is 3.21. The van der Waals surface area contributed by atoms with Crippen LogP contribution in [-0.2, 0) is 0 Å². The Morgan fingerprint density at radius 1 is 1.47 bits per heavy atom. The smallest absolute Gasteiger partial charge is 0.267 e. The van der Waals surface area contributed by atoms with Gasteiger partial charge in [-0.3, -0.25) is 4.79 Å². The zero-order valence-corrected chi connectivity index (χ0v) is 11.2. The molecule has 0 aliphatic heterocycles. The third-order valence-electron chi connectivity index (χ3n) is 2.06. The van der Waals surface area contributed by atoms with Crippen LogP contribution in [0, 0.1) is 6.92 Å². The first kappa shape index (κ1) is 12.2. The minimum absolute atomic E-state index is 0.252. The first-order chi connectivity index (χ1) is 8.18. The van der Waals surface area contributed by atoms with Gasteiger partial charge >= 0.3 is 0 Å². The molecule has 1 N–H and O–H groups in total. The molecule has 0 aliphatic rings. The predicted molar refractivity (Wildman–Crippen MR) is 69.2 cm³/mol. The number of rotatable bonds is 2. The zero-order valence-electron chi connectivity index (χ0n) is 8.81. The molecular weight excluding hydrogens is 278 g/mol. The number of benzene rings is 1. The number of hydrogen-bond acceptors (Lipinski definition) is 5. The molecule has 4 nitrogen and oxygen atoms in total. The van der Waals surface area contributed by atoms with Crippen molar-refractivity contribution in [3.8, 4) is 0 Å². The Labute approximate surface area is 110 Å². The second-order valence-corrected chi connectivity index (χ2v) is 5.40. The fourth-order valence-electron chi connectivity index (χ4n) is 1.21. The first-order valence-electron chi connectivity index (χ1n) is 4.69. The fraction of sp³-hybridized carbons (Fsp3) is 0.100. The highest BCUT2D eigenvalue weighted by atomic mass is 35.5. The van der Waals surface area contributed by atoms with Gasteiger partial charge in [-0.25, -0.2) is 5.43 Å². The Balaban J connectivity index is 2.19. The third kappa shape index (κ3) is 2.91. The van der Waals surface area contributed by atoms with Gasteiger partial charge in [0.2, 0.25) is 0 Å².